The summed E-state index contributed by atoms with van der Waals surface area (Å²) in [5.41, 5.74) is 3.90. The lowest BCUT2D eigenvalue weighted by molar-refractivity contribution is -0.106. The first kappa shape index (κ1) is 20.2. The van der Waals surface area contributed by atoms with E-state index in [1.54, 1.807) is 14.0 Å². The Morgan fingerprint density at radius 2 is 2.04 bits per heavy atom. The van der Waals surface area contributed by atoms with E-state index in [9.17, 15) is 13.2 Å². The maximum absolute atomic E-state index is 12.7. The van der Waals surface area contributed by atoms with Crippen LogP contribution in [0.5, 0.6) is 0 Å². The summed E-state index contributed by atoms with van der Waals surface area (Å²) in [6.45, 7) is 5.84. The molecule has 2 aromatic rings. The van der Waals surface area contributed by atoms with Crippen molar-refractivity contribution in [1.82, 2.24) is 9.89 Å². The standard InChI is InChI=1S/C18H22ClN3O3S/c1-13-5-6-16(15(3)9-13)10-14(2)12-26(24,25)18-17(19)11-22(20-18)21(4)7-8-23/h5-6,8-11H,7,12H2,1-4H3. The highest BCUT2D eigenvalue weighted by atomic mass is 35.5. The van der Waals surface area contributed by atoms with Crippen LogP contribution < -0.4 is 5.01 Å². The van der Waals surface area contributed by atoms with Crippen molar-refractivity contribution in [2.45, 2.75) is 25.8 Å². The van der Waals surface area contributed by atoms with Crippen LogP contribution in [-0.4, -0.2) is 43.9 Å². The highest BCUT2D eigenvalue weighted by molar-refractivity contribution is 7.91. The fourth-order valence-corrected chi connectivity index (χ4v) is 4.42. The van der Waals surface area contributed by atoms with Crippen LogP contribution in [-0.2, 0) is 14.6 Å². The summed E-state index contributed by atoms with van der Waals surface area (Å²) in [5.74, 6) is -0.186. The van der Waals surface area contributed by atoms with Gasteiger partial charge in [-0.15, -0.1) is 5.10 Å². The lowest BCUT2D eigenvalue weighted by atomic mass is 10.0. The normalized spacial score (nSPS) is 12.3. The van der Waals surface area contributed by atoms with Crippen LogP contribution in [0.2, 0.25) is 5.02 Å². The van der Waals surface area contributed by atoms with Crippen LogP contribution in [0.15, 0.2) is 35.0 Å². The van der Waals surface area contributed by atoms with E-state index in [0.717, 1.165) is 16.7 Å². The highest BCUT2D eigenvalue weighted by Crippen LogP contribution is 2.23. The Balaban J connectivity index is 2.28. The van der Waals surface area contributed by atoms with Crippen molar-refractivity contribution in [3.8, 4) is 0 Å². The van der Waals surface area contributed by atoms with E-state index in [2.05, 4.69) is 11.2 Å². The topological polar surface area (TPSA) is 72.3 Å². The number of benzene rings is 1. The van der Waals surface area contributed by atoms with Crippen LogP contribution in [0.4, 0.5) is 0 Å². The van der Waals surface area contributed by atoms with Gasteiger partial charge >= 0.3 is 0 Å². The monoisotopic (exact) mass is 395 g/mol. The number of likely N-dealkylation sites (N-methyl/N-ethyl adjacent to an activating group) is 1. The molecule has 140 valence electrons. The lowest BCUT2D eigenvalue weighted by Gasteiger charge is -2.14. The number of rotatable bonds is 7. The van der Waals surface area contributed by atoms with Gasteiger partial charge in [-0.05, 0) is 31.9 Å². The fourth-order valence-electron chi connectivity index (χ4n) is 2.57. The molecule has 0 bridgehead atoms. The molecule has 1 aromatic heterocycles. The zero-order valence-corrected chi connectivity index (χ0v) is 16.8. The van der Waals surface area contributed by atoms with Gasteiger partial charge in [0, 0.05) is 7.05 Å². The number of carbonyl (C=O) groups is 1. The van der Waals surface area contributed by atoms with Crippen molar-refractivity contribution in [3.63, 3.8) is 0 Å². The largest absolute Gasteiger partial charge is 0.301 e. The molecule has 0 fully saturated rings. The van der Waals surface area contributed by atoms with Gasteiger partial charge in [0.2, 0.25) is 9.84 Å². The number of hydrogen-bond donors (Lipinski definition) is 0. The number of hydrogen-bond acceptors (Lipinski definition) is 5. The zero-order valence-electron chi connectivity index (χ0n) is 15.2. The molecular formula is C18H22ClN3O3S. The molecule has 0 N–H and O–H groups in total. The average molecular weight is 396 g/mol. The lowest BCUT2D eigenvalue weighted by Crippen LogP contribution is -2.32. The Morgan fingerprint density at radius 3 is 2.65 bits per heavy atom. The molecule has 2 rings (SSSR count). The van der Waals surface area contributed by atoms with Gasteiger partial charge in [0.05, 0.1) is 23.5 Å². The van der Waals surface area contributed by atoms with E-state index in [1.165, 1.54) is 16.0 Å². The van der Waals surface area contributed by atoms with Gasteiger partial charge in [0.15, 0.2) is 5.03 Å². The van der Waals surface area contributed by atoms with Gasteiger partial charge in [0.25, 0.3) is 0 Å². The molecular weight excluding hydrogens is 374 g/mol. The molecule has 0 aliphatic rings. The number of halogens is 1. The maximum Gasteiger partial charge on any atom is 0.202 e. The van der Waals surface area contributed by atoms with E-state index in [0.29, 0.717) is 11.9 Å². The second kappa shape index (κ2) is 8.05. The van der Waals surface area contributed by atoms with Crippen molar-refractivity contribution in [1.29, 1.82) is 0 Å². The molecule has 0 unspecified atom stereocenters. The Hall–Kier alpha value is -2.12. The Morgan fingerprint density at radius 1 is 1.35 bits per heavy atom. The average Bonchev–Trinajstić information content (AvgIpc) is 2.93. The van der Waals surface area contributed by atoms with Crippen molar-refractivity contribution in [2.24, 2.45) is 0 Å². The minimum atomic E-state index is -3.71. The summed E-state index contributed by atoms with van der Waals surface area (Å²) in [6, 6.07) is 6.01. The molecule has 0 aliphatic carbocycles. The van der Waals surface area contributed by atoms with Gasteiger partial charge < -0.3 is 4.79 Å². The van der Waals surface area contributed by atoms with Gasteiger partial charge in [-0.3, -0.25) is 5.01 Å². The summed E-state index contributed by atoms with van der Waals surface area (Å²) < 4.78 is 25.4. The van der Waals surface area contributed by atoms with E-state index >= 15 is 0 Å². The van der Waals surface area contributed by atoms with Crippen LogP contribution in [0, 0.1) is 13.8 Å². The number of nitrogens with zero attached hydrogens (tertiary/aromatic N) is 3. The van der Waals surface area contributed by atoms with Gasteiger partial charge in [-0.1, -0.05) is 47.0 Å². The third-order valence-corrected chi connectivity index (χ3v) is 5.97. The van der Waals surface area contributed by atoms with Crippen molar-refractivity contribution >= 4 is 33.8 Å². The van der Waals surface area contributed by atoms with Gasteiger partial charge in [-0.25, -0.2) is 8.42 Å². The Bertz CT molecular complexity index is 949. The predicted molar refractivity (Wildman–Crippen MR) is 104 cm³/mol. The molecule has 0 spiro atoms. The number of aryl methyl sites for hydroxylation is 2. The first-order valence-corrected chi connectivity index (χ1v) is 10.0. The third kappa shape index (κ3) is 4.74. The Kier molecular flexibility index (Phi) is 6.26. The smallest absolute Gasteiger partial charge is 0.202 e. The second-order valence-electron chi connectivity index (χ2n) is 6.32. The summed E-state index contributed by atoms with van der Waals surface area (Å²) in [6.07, 6.45) is 3.93. The summed E-state index contributed by atoms with van der Waals surface area (Å²) in [4.78, 5) is 11.9. The van der Waals surface area contributed by atoms with E-state index in [1.807, 2.05) is 32.1 Å². The fraction of sp³-hybridized carbons (Fsp3) is 0.333. The second-order valence-corrected chi connectivity index (χ2v) is 8.63. The van der Waals surface area contributed by atoms with E-state index < -0.39 is 9.84 Å². The quantitative estimate of drug-likeness (QED) is 0.674. The van der Waals surface area contributed by atoms with Crippen LogP contribution >= 0.6 is 11.6 Å². The number of carbonyl (C=O) groups excluding carboxylic acids is 1. The summed E-state index contributed by atoms with van der Waals surface area (Å²) in [7, 11) is -2.10. The summed E-state index contributed by atoms with van der Waals surface area (Å²) >= 11 is 6.06. The van der Waals surface area contributed by atoms with Crippen LogP contribution in [0.3, 0.4) is 0 Å². The molecule has 0 radical (unpaired) electrons. The van der Waals surface area contributed by atoms with Gasteiger partial charge in [-0.2, -0.15) is 4.79 Å². The number of aromatic nitrogens is 2. The summed E-state index contributed by atoms with van der Waals surface area (Å²) in [5, 5.41) is 5.32. The molecule has 26 heavy (non-hydrogen) atoms. The highest BCUT2D eigenvalue weighted by Gasteiger charge is 2.24. The molecule has 1 aromatic carbocycles. The first-order chi connectivity index (χ1) is 12.1. The first-order valence-electron chi connectivity index (χ1n) is 8.01. The molecule has 0 aliphatic heterocycles. The molecule has 8 heteroatoms. The predicted octanol–water partition coefficient (Wildman–Crippen LogP) is 2.80. The van der Waals surface area contributed by atoms with Crippen LogP contribution in [0.25, 0.3) is 6.08 Å². The van der Waals surface area contributed by atoms with Gasteiger partial charge in [0.1, 0.15) is 6.29 Å². The minimum absolute atomic E-state index is 0.0297. The Labute approximate surface area is 159 Å². The van der Waals surface area contributed by atoms with Crippen molar-refractivity contribution in [2.75, 3.05) is 24.4 Å². The molecule has 6 nitrogen and oxygen atoms in total. The number of aldehydes is 1. The molecule has 0 atom stereocenters. The molecule has 0 saturated carbocycles. The van der Waals surface area contributed by atoms with E-state index in [4.69, 9.17) is 11.6 Å². The maximum atomic E-state index is 12.7. The number of sulfone groups is 1. The molecule has 0 saturated heterocycles. The molecule has 1 heterocycles. The SMILES string of the molecule is CC(=Cc1ccc(C)cc1C)CS(=O)(=O)c1nn(N(C)CC=O)cc1Cl. The van der Waals surface area contributed by atoms with E-state index in [-0.39, 0.29) is 22.3 Å². The van der Waals surface area contributed by atoms with Crippen molar-refractivity contribution in [3.05, 3.63) is 51.7 Å². The van der Waals surface area contributed by atoms with Crippen molar-refractivity contribution < 1.29 is 13.2 Å². The van der Waals surface area contributed by atoms with Crippen LogP contribution in [0.1, 0.15) is 23.6 Å². The zero-order chi connectivity index (χ0) is 19.5. The minimum Gasteiger partial charge on any atom is -0.301 e. The molecule has 0 amide bonds. The third-order valence-electron chi connectivity index (χ3n) is 3.85.